The van der Waals surface area contributed by atoms with E-state index >= 15 is 0 Å². The molecule has 2 aliphatic rings. The molecule has 1 fully saturated rings. The second kappa shape index (κ2) is 7.08. The predicted octanol–water partition coefficient (Wildman–Crippen LogP) is 3.90. The van der Waals surface area contributed by atoms with E-state index in [0.717, 1.165) is 0 Å². The van der Waals surface area contributed by atoms with E-state index in [1.54, 1.807) is 0 Å². The summed E-state index contributed by atoms with van der Waals surface area (Å²) in [7, 11) is 0. The number of nitrogens with zero attached hydrogens (tertiary/aromatic N) is 2. The lowest BCUT2D eigenvalue weighted by Crippen LogP contribution is -2.48. The number of piperazine rings is 1. The average Bonchev–Trinajstić information content (AvgIpc) is 2.80. The van der Waals surface area contributed by atoms with Crippen molar-refractivity contribution < 1.29 is 0 Å². The number of hydrogen-bond acceptors (Lipinski definition) is 2. The maximum atomic E-state index is 2.72. The van der Waals surface area contributed by atoms with Crippen LogP contribution in [-0.2, 0) is 12.8 Å². The van der Waals surface area contributed by atoms with E-state index in [1.807, 2.05) is 0 Å². The van der Waals surface area contributed by atoms with Crippen molar-refractivity contribution in [3.8, 4) is 0 Å². The van der Waals surface area contributed by atoms with Crippen molar-refractivity contribution >= 4 is 0 Å². The van der Waals surface area contributed by atoms with Crippen molar-refractivity contribution in [1.29, 1.82) is 0 Å². The molecule has 4 rings (SSSR count). The third-order valence-electron chi connectivity index (χ3n) is 5.67. The first-order valence-corrected chi connectivity index (χ1v) is 9.49. The van der Waals surface area contributed by atoms with Gasteiger partial charge in [-0.2, -0.15) is 0 Å². The van der Waals surface area contributed by atoms with Gasteiger partial charge in [-0.05, 0) is 48.1 Å². The van der Waals surface area contributed by atoms with E-state index < -0.39 is 0 Å². The molecule has 1 saturated heterocycles. The molecule has 0 atom stereocenters. The molecular weight excluding hydrogens is 292 g/mol. The molecule has 2 aromatic rings. The van der Waals surface area contributed by atoms with Gasteiger partial charge >= 0.3 is 0 Å². The van der Waals surface area contributed by atoms with E-state index in [-0.39, 0.29) is 0 Å². The zero-order chi connectivity index (χ0) is 16.4. The maximum absolute atomic E-state index is 2.72. The van der Waals surface area contributed by atoms with Crippen molar-refractivity contribution in [1.82, 2.24) is 9.80 Å². The SMILES string of the molecule is CCCN1CCN(C2c3ccccc3CCc3ccccc32)CC1. The molecule has 0 aromatic heterocycles. The van der Waals surface area contributed by atoms with Crippen LogP contribution >= 0.6 is 0 Å². The van der Waals surface area contributed by atoms with Crippen LogP contribution < -0.4 is 0 Å². The normalized spacial score (nSPS) is 19.5. The fraction of sp³-hybridized carbons (Fsp3) is 0.455. The average molecular weight is 320 g/mol. The van der Waals surface area contributed by atoms with Crippen molar-refractivity contribution in [3.05, 3.63) is 70.8 Å². The van der Waals surface area contributed by atoms with Gasteiger partial charge in [-0.15, -0.1) is 0 Å². The Morgan fingerprint density at radius 2 is 1.33 bits per heavy atom. The van der Waals surface area contributed by atoms with Gasteiger partial charge in [0, 0.05) is 26.2 Å². The monoisotopic (exact) mass is 320 g/mol. The third-order valence-corrected chi connectivity index (χ3v) is 5.67. The Morgan fingerprint density at radius 3 is 1.88 bits per heavy atom. The highest BCUT2D eigenvalue weighted by Gasteiger charge is 2.30. The van der Waals surface area contributed by atoms with Gasteiger partial charge in [0.1, 0.15) is 0 Å². The van der Waals surface area contributed by atoms with Gasteiger partial charge in [0.25, 0.3) is 0 Å². The molecule has 1 aliphatic carbocycles. The Kier molecular flexibility index (Phi) is 4.68. The molecular formula is C22H28N2. The van der Waals surface area contributed by atoms with Gasteiger partial charge in [0.05, 0.1) is 6.04 Å². The van der Waals surface area contributed by atoms with Gasteiger partial charge in [-0.3, -0.25) is 4.90 Å². The summed E-state index contributed by atoms with van der Waals surface area (Å²) in [6.45, 7) is 8.28. The standard InChI is InChI=1S/C22H28N2/c1-2-13-23-14-16-24(17-15-23)22-20-9-5-3-7-18(20)11-12-19-8-4-6-10-21(19)22/h3-10,22H,2,11-17H2,1H3. The molecule has 2 nitrogen and oxygen atoms in total. The summed E-state index contributed by atoms with van der Waals surface area (Å²) in [4.78, 5) is 5.33. The van der Waals surface area contributed by atoms with Gasteiger partial charge in [0.15, 0.2) is 0 Å². The summed E-state index contributed by atoms with van der Waals surface area (Å²) < 4.78 is 0. The predicted molar refractivity (Wildman–Crippen MR) is 100 cm³/mol. The van der Waals surface area contributed by atoms with Crippen LogP contribution in [0.4, 0.5) is 0 Å². The van der Waals surface area contributed by atoms with Crippen LogP contribution in [0.1, 0.15) is 41.6 Å². The smallest absolute Gasteiger partial charge is 0.0608 e. The molecule has 0 bridgehead atoms. The zero-order valence-corrected chi connectivity index (χ0v) is 14.7. The number of benzene rings is 2. The first kappa shape index (κ1) is 15.9. The fourth-order valence-corrected chi connectivity index (χ4v) is 4.45. The molecule has 2 aromatic carbocycles. The molecule has 24 heavy (non-hydrogen) atoms. The molecule has 0 amide bonds. The van der Waals surface area contributed by atoms with Crippen LogP contribution in [0, 0.1) is 0 Å². The zero-order valence-electron chi connectivity index (χ0n) is 14.7. The highest BCUT2D eigenvalue weighted by molar-refractivity contribution is 5.44. The summed E-state index contributed by atoms with van der Waals surface area (Å²) in [5, 5.41) is 0. The Bertz CT molecular complexity index is 638. The lowest BCUT2D eigenvalue weighted by molar-refractivity contribution is 0.109. The second-order valence-electron chi connectivity index (χ2n) is 7.18. The molecule has 0 radical (unpaired) electrons. The first-order chi connectivity index (χ1) is 11.9. The molecule has 0 unspecified atom stereocenters. The summed E-state index contributed by atoms with van der Waals surface area (Å²) in [5.41, 5.74) is 6.14. The highest BCUT2D eigenvalue weighted by Crippen LogP contribution is 2.37. The number of rotatable bonds is 3. The fourth-order valence-electron chi connectivity index (χ4n) is 4.45. The summed E-state index contributed by atoms with van der Waals surface area (Å²) >= 11 is 0. The molecule has 0 spiro atoms. The van der Waals surface area contributed by atoms with Gasteiger partial charge in [0.2, 0.25) is 0 Å². The molecule has 126 valence electrons. The largest absolute Gasteiger partial charge is 0.301 e. The molecule has 0 N–H and O–H groups in total. The molecule has 2 heteroatoms. The van der Waals surface area contributed by atoms with Crippen LogP contribution in [0.5, 0.6) is 0 Å². The lowest BCUT2D eigenvalue weighted by atomic mass is 9.92. The number of hydrogen-bond donors (Lipinski definition) is 0. The van der Waals surface area contributed by atoms with Crippen LogP contribution in [0.15, 0.2) is 48.5 Å². The van der Waals surface area contributed by atoms with E-state index in [2.05, 4.69) is 65.3 Å². The number of fused-ring (bicyclic) bond motifs is 2. The lowest BCUT2D eigenvalue weighted by Gasteiger charge is -2.40. The minimum absolute atomic E-state index is 0.434. The van der Waals surface area contributed by atoms with Crippen molar-refractivity contribution in [3.63, 3.8) is 0 Å². The first-order valence-electron chi connectivity index (χ1n) is 9.49. The summed E-state index contributed by atoms with van der Waals surface area (Å²) in [6, 6.07) is 18.7. The van der Waals surface area contributed by atoms with Crippen molar-refractivity contribution in [2.24, 2.45) is 0 Å². The molecule has 1 heterocycles. The van der Waals surface area contributed by atoms with E-state index in [9.17, 15) is 0 Å². The Hall–Kier alpha value is -1.64. The van der Waals surface area contributed by atoms with E-state index in [0.29, 0.717) is 6.04 Å². The second-order valence-corrected chi connectivity index (χ2v) is 7.18. The summed E-state index contributed by atoms with van der Waals surface area (Å²) in [6.07, 6.45) is 3.59. The molecule has 1 aliphatic heterocycles. The van der Waals surface area contributed by atoms with Crippen molar-refractivity contribution in [2.75, 3.05) is 32.7 Å². The Morgan fingerprint density at radius 1 is 0.792 bits per heavy atom. The molecule has 0 saturated carbocycles. The summed E-state index contributed by atoms with van der Waals surface area (Å²) in [5.74, 6) is 0. The van der Waals surface area contributed by atoms with Crippen LogP contribution in [-0.4, -0.2) is 42.5 Å². The third kappa shape index (κ3) is 3.01. The van der Waals surface area contributed by atoms with Gasteiger partial charge in [-0.1, -0.05) is 55.5 Å². The van der Waals surface area contributed by atoms with Crippen LogP contribution in [0.3, 0.4) is 0 Å². The van der Waals surface area contributed by atoms with E-state index in [4.69, 9.17) is 0 Å². The van der Waals surface area contributed by atoms with E-state index in [1.165, 1.54) is 74.2 Å². The van der Waals surface area contributed by atoms with Crippen molar-refractivity contribution in [2.45, 2.75) is 32.2 Å². The highest BCUT2D eigenvalue weighted by atomic mass is 15.3. The van der Waals surface area contributed by atoms with Crippen LogP contribution in [0.25, 0.3) is 0 Å². The minimum Gasteiger partial charge on any atom is -0.301 e. The quantitative estimate of drug-likeness (QED) is 0.846. The van der Waals surface area contributed by atoms with Gasteiger partial charge < -0.3 is 4.90 Å². The Labute approximate surface area is 146 Å². The van der Waals surface area contributed by atoms with Gasteiger partial charge in [-0.25, -0.2) is 0 Å². The minimum atomic E-state index is 0.434. The topological polar surface area (TPSA) is 6.48 Å². The van der Waals surface area contributed by atoms with Crippen LogP contribution in [0.2, 0.25) is 0 Å². The maximum Gasteiger partial charge on any atom is 0.0608 e. The Balaban J connectivity index is 1.69. The number of aryl methyl sites for hydroxylation is 2.